The largest absolute Gasteiger partial charge is 0.490 e. The van der Waals surface area contributed by atoms with Gasteiger partial charge in [-0.25, -0.2) is 4.79 Å². The summed E-state index contributed by atoms with van der Waals surface area (Å²) in [6.45, 7) is 0.476. The lowest BCUT2D eigenvalue weighted by Gasteiger charge is -2.08. The summed E-state index contributed by atoms with van der Waals surface area (Å²) in [6.07, 6.45) is 3.08. The summed E-state index contributed by atoms with van der Waals surface area (Å²) in [5.74, 6) is 0.329. The molecule has 0 aliphatic carbocycles. The maximum atomic E-state index is 11.7. The second-order valence-electron chi connectivity index (χ2n) is 4.74. The molecular weight excluding hydrogens is 362 g/mol. The lowest BCUT2D eigenvalue weighted by Crippen LogP contribution is -2.12. The van der Waals surface area contributed by atoms with E-state index in [9.17, 15) is 4.79 Å². The van der Waals surface area contributed by atoms with Crippen LogP contribution in [0.5, 0.6) is 5.75 Å². The van der Waals surface area contributed by atoms with E-state index in [4.69, 9.17) is 21.7 Å². The average Bonchev–Trinajstić information content (AvgIpc) is 3.06. The van der Waals surface area contributed by atoms with Crippen LogP contribution in [-0.2, 0) is 4.74 Å². The molecule has 2 heterocycles. The van der Waals surface area contributed by atoms with Gasteiger partial charge in [-0.1, -0.05) is 32.9 Å². The van der Waals surface area contributed by atoms with Gasteiger partial charge in [-0.2, -0.15) is 0 Å². The molecule has 0 fully saturated rings. The van der Waals surface area contributed by atoms with Crippen LogP contribution in [0.15, 0.2) is 54.9 Å². The molecule has 0 saturated carbocycles. The molecule has 0 saturated heterocycles. The van der Waals surface area contributed by atoms with Gasteiger partial charge < -0.3 is 9.47 Å². The van der Waals surface area contributed by atoms with E-state index in [1.54, 1.807) is 39.0 Å². The predicted octanol–water partition coefficient (Wildman–Crippen LogP) is 4.84. The SMILES string of the molecule is O=C(OCCOc1ccc(-c2cc(=S)ss2)cc1)c1cccnc1. The Balaban J connectivity index is 1.47. The number of carbonyl (C=O) groups is 1. The number of nitrogens with zero attached hydrogens (tertiary/aromatic N) is 1. The molecule has 0 atom stereocenters. The van der Waals surface area contributed by atoms with Crippen LogP contribution in [0, 0.1) is 3.82 Å². The van der Waals surface area contributed by atoms with E-state index < -0.39 is 5.97 Å². The molecule has 2 aromatic heterocycles. The van der Waals surface area contributed by atoms with Crippen molar-refractivity contribution < 1.29 is 14.3 Å². The second kappa shape index (κ2) is 8.14. The first-order chi connectivity index (χ1) is 11.7. The van der Waals surface area contributed by atoms with Crippen molar-refractivity contribution in [1.29, 1.82) is 0 Å². The third-order valence-corrected chi connectivity index (χ3v) is 5.99. The fraction of sp³-hybridized carbons (Fsp3) is 0.118. The topological polar surface area (TPSA) is 48.4 Å². The first kappa shape index (κ1) is 16.8. The Bertz CT molecular complexity index is 857. The van der Waals surface area contributed by atoms with Gasteiger partial charge in [0.05, 0.1) is 5.56 Å². The molecule has 0 amide bonds. The van der Waals surface area contributed by atoms with Crippen molar-refractivity contribution in [2.75, 3.05) is 13.2 Å². The number of hydrogen-bond acceptors (Lipinski definition) is 7. The van der Waals surface area contributed by atoms with Gasteiger partial charge in [-0.15, -0.1) is 0 Å². The zero-order valence-corrected chi connectivity index (χ0v) is 15.0. The van der Waals surface area contributed by atoms with Crippen molar-refractivity contribution in [2.24, 2.45) is 0 Å². The summed E-state index contributed by atoms with van der Waals surface area (Å²) in [7, 11) is 3.26. The van der Waals surface area contributed by atoms with Gasteiger partial charge in [0.15, 0.2) is 0 Å². The van der Waals surface area contributed by atoms with Crippen LogP contribution < -0.4 is 4.74 Å². The maximum Gasteiger partial charge on any atom is 0.339 e. The molecule has 24 heavy (non-hydrogen) atoms. The van der Waals surface area contributed by atoms with Crippen LogP contribution in [0.4, 0.5) is 0 Å². The Morgan fingerprint density at radius 1 is 1.12 bits per heavy atom. The monoisotopic (exact) mass is 375 g/mol. The maximum absolute atomic E-state index is 11.7. The second-order valence-corrected chi connectivity index (χ2v) is 7.66. The fourth-order valence-corrected chi connectivity index (χ4v) is 4.35. The van der Waals surface area contributed by atoms with Crippen molar-refractivity contribution in [1.82, 2.24) is 4.98 Å². The van der Waals surface area contributed by atoms with Gasteiger partial charge in [-0.05, 0) is 48.0 Å². The number of hydrogen-bond donors (Lipinski definition) is 0. The fourth-order valence-electron chi connectivity index (χ4n) is 1.95. The summed E-state index contributed by atoms with van der Waals surface area (Å²) in [6, 6.07) is 13.1. The summed E-state index contributed by atoms with van der Waals surface area (Å²) < 4.78 is 11.6. The lowest BCUT2D eigenvalue weighted by molar-refractivity contribution is 0.0450. The molecule has 0 unspecified atom stereocenters. The zero-order chi connectivity index (χ0) is 16.8. The zero-order valence-electron chi connectivity index (χ0n) is 12.5. The van der Waals surface area contributed by atoms with Crippen molar-refractivity contribution >= 4 is 38.9 Å². The highest BCUT2D eigenvalue weighted by atomic mass is 32.9. The molecule has 122 valence electrons. The number of benzene rings is 1. The van der Waals surface area contributed by atoms with E-state index in [0.717, 1.165) is 20.0 Å². The van der Waals surface area contributed by atoms with E-state index in [2.05, 4.69) is 4.98 Å². The average molecular weight is 375 g/mol. The van der Waals surface area contributed by atoms with Gasteiger partial charge >= 0.3 is 5.97 Å². The summed E-state index contributed by atoms with van der Waals surface area (Å²) in [5, 5.41) is 0. The van der Waals surface area contributed by atoms with E-state index in [1.165, 1.54) is 6.20 Å². The van der Waals surface area contributed by atoms with Crippen LogP contribution in [0.3, 0.4) is 0 Å². The minimum atomic E-state index is -0.402. The molecule has 0 aliphatic rings. The first-order valence-corrected chi connectivity index (χ1v) is 9.69. The molecule has 7 heteroatoms. The normalized spacial score (nSPS) is 10.3. The van der Waals surface area contributed by atoms with E-state index in [-0.39, 0.29) is 6.61 Å². The number of rotatable bonds is 6. The molecule has 0 bridgehead atoms. The predicted molar refractivity (Wildman–Crippen MR) is 98.5 cm³/mol. The Morgan fingerprint density at radius 3 is 2.62 bits per heavy atom. The van der Waals surface area contributed by atoms with Crippen molar-refractivity contribution in [3.05, 3.63) is 64.2 Å². The third kappa shape index (κ3) is 4.47. The van der Waals surface area contributed by atoms with Crippen LogP contribution in [-0.4, -0.2) is 24.2 Å². The van der Waals surface area contributed by atoms with Gasteiger partial charge in [0.1, 0.15) is 22.8 Å². The minimum Gasteiger partial charge on any atom is -0.490 e. The molecule has 0 spiro atoms. The Hall–Kier alpha value is -2.09. The number of esters is 1. The van der Waals surface area contributed by atoms with Gasteiger partial charge in [0.2, 0.25) is 0 Å². The standard InChI is InChI=1S/C17H13NO3S3/c19-17(13-2-1-7-18-11-13)21-9-8-20-14-5-3-12(4-6-14)15-10-16(22)24-23-15/h1-7,10-11H,8-9H2. The Morgan fingerprint density at radius 2 is 1.96 bits per heavy atom. The van der Waals surface area contributed by atoms with Crippen LogP contribution >= 0.6 is 32.9 Å². The van der Waals surface area contributed by atoms with Crippen LogP contribution in [0.2, 0.25) is 0 Å². The molecular formula is C17H13NO3S3. The van der Waals surface area contributed by atoms with Gasteiger partial charge in [0.25, 0.3) is 0 Å². The van der Waals surface area contributed by atoms with Gasteiger partial charge in [-0.3, -0.25) is 4.98 Å². The number of aromatic nitrogens is 1. The van der Waals surface area contributed by atoms with Crippen LogP contribution in [0.1, 0.15) is 10.4 Å². The number of ether oxygens (including phenoxy) is 2. The molecule has 0 radical (unpaired) electrons. The third-order valence-electron chi connectivity index (χ3n) is 3.08. The minimum absolute atomic E-state index is 0.182. The molecule has 3 rings (SSSR count). The molecule has 0 aliphatic heterocycles. The van der Waals surface area contributed by atoms with E-state index >= 15 is 0 Å². The quantitative estimate of drug-likeness (QED) is 0.267. The highest BCUT2D eigenvalue weighted by molar-refractivity contribution is 7.80. The Labute approximate surface area is 151 Å². The van der Waals surface area contributed by atoms with E-state index in [0.29, 0.717) is 12.2 Å². The highest BCUT2D eigenvalue weighted by Crippen LogP contribution is 2.30. The van der Waals surface area contributed by atoms with Crippen molar-refractivity contribution in [2.45, 2.75) is 0 Å². The highest BCUT2D eigenvalue weighted by Gasteiger charge is 2.06. The van der Waals surface area contributed by atoms with Crippen molar-refractivity contribution in [3.8, 4) is 16.2 Å². The molecule has 0 N–H and O–H groups in total. The molecule has 3 aromatic rings. The first-order valence-electron chi connectivity index (χ1n) is 7.13. The number of carbonyl (C=O) groups excluding carboxylic acids is 1. The molecule has 4 nitrogen and oxygen atoms in total. The molecule has 1 aromatic carbocycles. The van der Waals surface area contributed by atoms with E-state index in [1.807, 2.05) is 30.3 Å². The van der Waals surface area contributed by atoms with Crippen LogP contribution in [0.25, 0.3) is 10.4 Å². The Kier molecular flexibility index (Phi) is 5.68. The smallest absolute Gasteiger partial charge is 0.339 e. The van der Waals surface area contributed by atoms with Gasteiger partial charge in [0, 0.05) is 17.3 Å². The summed E-state index contributed by atoms with van der Waals surface area (Å²) >= 11 is 5.14. The number of pyridine rings is 1. The lowest BCUT2D eigenvalue weighted by atomic mass is 10.2. The van der Waals surface area contributed by atoms with Crippen molar-refractivity contribution in [3.63, 3.8) is 0 Å². The summed E-state index contributed by atoms with van der Waals surface area (Å²) in [5.41, 5.74) is 1.54. The summed E-state index contributed by atoms with van der Waals surface area (Å²) in [4.78, 5) is 16.8.